The van der Waals surface area contributed by atoms with Crippen molar-refractivity contribution in [2.75, 3.05) is 10.6 Å². The largest absolute Gasteiger partial charge is 0.392 e. The van der Waals surface area contributed by atoms with Gasteiger partial charge in [-0.2, -0.15) is 10.3 Å². The smallest absolute Gasteiger partial charge is 0.232 e. The summed E-state index contributed by atoms with van der Waals surface area (Å²) >= 11 is 0. The van der Waals surface area contributed by atoms with Gasteiger partial charge in [0.15, 0.2) is 0 Å². The topological polar surface area (TPSA) is 327 Å². The Labute approximate surface area is 391 Å². The van der Waals surface area contributed by atoms with Crippen molar-refractivity contribution in [3.8, 4) is 6.19 Å². The number of amides is 4. The molecule has 2 saturated heterocycles. The van der Waals surface area contributed by atoms with Gasteiger partial charge in [-0.25, -0.2) is 4.99 Å². The van der Waals surface area contributed by atoms with Crippen LogP contribution in [0.1, 0.15) is 94.9 Å². The monoisotopic (exact) mass is 922 g/mol. The lowest BCUT2D eigenvalue weighted by molar-refractivity contribution is -0.130. The van der Waals surface area contributed by atoms with E-state index < -0.39 is 5.91 Å². The first kappa shape index (κ1) is 61.0. The van der Waals surface area contributed by atoms with Crippen LogP contribution >= 0.6 is 0 Å². The molecule has 356 valence electrons. The van der Waals surface area contributed by atoms with E-state index in [4.69, 9.17) is 21.8 Å². The molecule has 19 heteroatoms. The predicted molar refractivity (Wildman–Crippen MR) is 261 cm³/mol. The van der Waals surface area contributed by atoms with Gasteiger partial charge in [0.05, 0.1) is 38.7 Å². The summed E-state index contributed by atoms with van der Waals surface area (Å²) in [5.41, 5.74) is 11.5. The summed E-state index contributed by atoms with van der Waals surface area (Å²) in [5.74, 6) is -1.10. The number of anilines is 2. The Hall–Kier alpha value is -8.11. The fourth-order valence-corrected chi connectivity index (χ4v) is 5.85. The number of aliphatic hydroxyl groups is 1. The number of benzene rings is 3. The van der Waals surface area contributed by atoms with Gasteiger partial charge in [-0.1, -0.05) is 50.4 Å². The third kappa shape index (κ3) is 22.9. The van der Waals surface area contributed by atoms with Gasteiger partial charge in [0.2, 0.25) is 29.8 Å². The minimum absolute atomic E-state index is 0. The van der Waals surface area contributed by atoms with Crippen LogP contribution in [0.4, 0.5) is 11.4 Å². The van der Waals surface area contributed by atoms with Gasteiger partial charge in [-0.3, -0.25) is 43.8 Å². The number of hydrogen-bond donors (Lipinski definition) is 8. The number of nitrogens with zero attached hydrogens (tertiary/aromatic N) is 3. The molecule has 3 aromatic rings. The van der Waals surface area contributed by atoms with E-state index in [1.165, 1.54) is 20.0 Å². The predicted octanol–water partition coefficient (Wildman–Crippen LogP) is 5.77. The summed E-state index contributed by atoms with van der Waals surface area (Å²) < 4.78 is 0. The second kappa shape index (κ2) is 30.1. The fraction of sp³-hybridized carbons (Fsp3) is 0.312. The van der Waals surface area contributed by atoms with Crippen LogP contribution in [0.3, 0.4) is 0 Å². The number of allylic oxidation sites excluding steroid dienone is 1. The van der Waals surface area contributed by atoms with Gasteiger partial charge in [0.1, 0.15) is 40.6 Å². The van der Waals surface area contributed by atoms with Crippen LogP contribution in [0.15, 0.2) is 70.8 Å². The zero-order chi connectivity index (χ0) is 48.1. The number of carbonyl (C=O) groups is 8. The molecule has 0 aliphatic carbocycles. The lowest BCUT2D eigenvalue weighted by atomic mass is 10.0. The quantitative estimate of drug-likeness (QED) is 0.0798. The number of rotatable bonds is 7. The maximum Gasteiger partial charge on any atom is 0.232 e. The first-order valence-electron chi connectivity index (χ1n) is 19.6. The Morgan fingerprint density at radius 3 is 1.79 bits per heavy atom. The number of Topliss-reactive ketones (excluding diaryl/α,β-unsaturated/α-hetero) is 4. The average Bonchev–Trinajstić information content (AvgIpc) is 3.16. The number of nitrogens with two attached hydrogens (primary N) is 1. The molecule has 0 aromatic heterocycles. The molecule has 0 spiro atoms. The van der Waals surface area contributed by atoms with E-state index in [0.29, 0.717) is 47.8 Å². The summed E-state index contributed by atoms with van der Waals surface area (Å²) in [6.07, 6.45) is 2.33. The van der Waals surface area contributed by atoms with Crippen molar-refractivity contribution in [2.24, 2.45) is 15.7 Å². The van der Waals surface area contributed by atoms with Gasteiger partial charge in [-0.15, -0.1) is 0 Å². The number of nitrogens with one attached hydrogen (secondary N) is 6. The summed E-state index contributed by atoms with van der Waals surface area (Å²) in [5, 5.41) is 43.8. The lowest BCUT2D eigenvalue weighted by Crippen LogP contribution is -2.38. The van der Waals surface area contributed by atoms with Gasteiger partial charge in [0.25, 0.3) is 0 Å². The molecule has 9 N–H and O–H groups in total. The van der Waals surface area contributed by atoms with Crippen LogP contribution in [0, 0.1) is 57.9 Å². The molecular formula is C48H62N10O9+2. The number of amidine groups is 3. The van der Waals surface area contributed by atoms with Crippen molar-refractivity contribution in [3.63, 3.8) is 0 Å². The summed E-state index contributed by atoms with van der Waals surface area (Å²) in [4.78, 5) is 94.1. The third-order valence-electron chi connectivity index (χ3n) is 8.73. The maximum atomic E-state index is 11.6. The van der Waals surface area contributed by atoms with Crippen LogP contribution < -0.4 is 27.0 Å². The van der Waals surface area contributed by atoms with Crippen LogP contribution in [0.2, 0.25) is 0 Å². The van der Waals surface area contributed by atoms with Crippen molar-refractivity contribution in [3.05, 3.63) is 97.9 Å². The second-order valence-electron chi connectivity index (χ2n) is 14.7. The van der Waals surface area contributed by atoms with E-state index in [9.17, 15) is 43.5 Å². The van der Waals surface area contributed by atoms with Gasteiger partial charge in [-0.05, 0) is 68.8 Å². The highest BCUT2D eigenvalue weighted by Crippen LogP contribution is 2.26. The highest BCUT2D eigenvalue weighted by molar-refractivity contribution is 6.18. The van der Waals surface area contributed by atoms with E-state index in [0.717, 1.165) is 33.2 Å². The highest BCUT2D eigenvalue weighted by Gasteiger charge is 2.20. The van der Waals surface area contributed by atoms with Crippen molar-refractivity contribution < 1.29 is 43.5 Å². The minimum Gasteiger partial charge on any atom is -0.392 e. The first-order chi connectivity index (χ1) is 30.1. The molecule has 6 rings (SSSR count). The Morgan fingerprint density at radius 1 is 0.776 bits per heavy atom. The fourth-order valence-electron chi connectivity index (χ4n) is 5.85. The maximum absolute atomic E-state index is 11.6. The summed E-state index contributed by atoms with van der Waals surface area (Å²) in [6, 6.07) is 15.4. The molecule has 0 unspecified atom stereocenters. The molecule has 3 aliphatic heterocycles. The molecule has 67 heavy (non-hydrogen) atoms. The Bertz CT molecular complexity index is 2420. The highest BCUT2D eigenvalue weighted by atomic mass is 16.3. The van der Waals surface area contributed by atoms with E-state index in [-0.39, 0.29) is 114 Å². The number of piperidine rings is 2. The average molecular weight is 923 g/mol. The lowest BCUT2D eigenvalue weighted by Gasteiger charge is -2.12. The van der Waals surface area contributed by atoms with Crippen LogP contribution in [0.25, 0.3) is 10.8 Å². The number of aliphatic hydroxyl groups excluding tert-OH is 1. The summed E-state index contributed by atoms with van der Waals surface area (Å²) in [6.45, 7) is 12.0. The number of carbonyl (C=O) groups excluding carboxylic acids is 8. The minimum atomic E-state index is -0.393. The molecule has 0 atom stereocenters. The number of ketones is 4. The van der Waals surface area contributed by atoms with E-state index >= 15 is 0 Å². The van der Waals surface area contributed by atoms with Crippen molar-refractivity contribution >= 4 is 92.1 Å². The van der Waals surface area contributed by atoms with Crippen molar-refractivity contribution in [1.82, 2.24) is 10.6 Å². The Kier molecular flexibility index (Phi) is 27.4. The molecule has 0 radical (unpaired) electrons. The summed E-state index contributed by atoms with van der Waals surface area (Å²) in [7, 11) is 0. The molecule has 3 aliphatic rings. The zero-order valence-electron chi connectivity index (χ0n) is 38.3. The molecular weight excluding hydrogens is 861 g/mol. The van der Waals surface area contributed by atoms with Crippen molar-refractivity contribution in [1.29, 1.82) is 16.1 Å². The van der Waals surface area contributed by atoms with Gasteiger partial charge < -0.3 is 37.5 Å². The van der Waals surface area contributed by atoms with Crippen molar-refractivity contribution in [2.45, 2.75) is 100 Å². The molecule has 3 heterocycles. The number of aryl methyl sites for hydroxylation is 3. The number of fused-ring (bicyclic) bond motifs is 1. The number of aliphatic imine (C=N–C) groups is 2. The van der Waals surface area contributed by atoms with E-state index in [1.54, 1.807) is 6.07 Å². The zero-order valence-corrected chi connectivity index (χ0v) is 38.3. The third-order valence-corrected chi connectivity index (χ3v) is 8.73. The SMILES string of the molecule is C.C=C1CC(=O)CC(=O)N1.CC(=O)CC(=O)Nc1cc(C)c(C)cc1CO.CC(=O)CC(=O)Nc1cccc2c(C)cccc12.N#CN=C1CC(=O)CC(=O)N1.N=C1CC(=N)N=C(N)C1.[CH3+].[CH3+]. The Balaban J connectivity index is 0. The van der Waals surface area contributed by atoms with Crippen LogP contribution in [-0.2, 0) is 45.0 Å². The van der Waals surface area contributed by atoms with Crippen LogP contribution in [-0.4, -0.2) is 75.1 Å². The van der Waals surface area contributed by atoms with Gasteiger partial charge in [0, 0.05) is 67.8 Å². The first-order valence-corrected chi connectivity index (χ1v) is 19.6. The molecule has 0 bridgehead atoms. The Morgan fingerprint density at radius 2 is 1.30 bits per heavy atom. The molecule has 0 saturated carbocycles. The van der Waals surface area contributed by atoms with E-state index in [1.807, 2.05) is 63.2 Å². The molecule has 2 fully saturated rings. The van der Waals surface area contributed by atoms with Crippen LogP contribution in [0.5, 0.6) is 0 Å². The van der Waals surface area contributed by atoms with E-state index in [2.05, 4.69) is 37.8 Å². The molecule has 19 nitrogen and oxygen atoms in total. The molecule has 3 aromatic carbocycles. The van der Waals surface area contributed by atoms with Gasteiger partial charge >= 0.3 is 0 Å². The number of nitriles is 1. The normalized spacial score (nSPS) is 14.1. The molecule has 4 amide bonds. The number of hydrogen-bond acceptors (Lipinski definition) is 14. The standard InChI is InChI=1S/C15H15NO2.C13H17NO3.C6H5N3O2.C6H7NO2.C5H8N4.CH4.2CH3/c1-10-5-3-7-13-12(10)6-4-8-14(13)16-15(18)9-11(2)17;1-8-4-11(7-15)12(5-9(8)2)14-13(17)6-10(3)16;7-3-8-5-1-4(10)2-6(11)9-5;1-4-2-5(8)3-6(9)7-4;6-3-1-4(7)9-5(8)2-3;;;/h3-8H,9H2,1-2H3,(H,16,18);4-5,15H,6-7H2,1-3H3,(H,14,17);1-2H2,(H,8,9,11);1-3H2,(H,7,9);6H,1-2H2,(H3,7,8,9);1H4;2*1H3/q;;;;;;2*+1. The second-order valence-corrected chi connectivity index (χ2v) is 14.7.